The number of aromatic nitrogens is 2. The smallest absolute Gasteiger partial charge is 0.291 e. The van der Waals surface area contributed by atoms with Gasteiger partial charge < -0.3 is 29.7 Å². The van der Waals surface area contributed by atoms with E-state index in [1.165, 1.54) is 49.2 Å². The van der Waals surface area contributed by atoms with Crippen molar-refractivity contribution < 1.29 is 27.9 Å². The first-order chi connectivity index (χ1) is 20.2. The standard InChI is InChI=1S/C29H29ClF2N6O4/c1-36-22(20-5-6-23(42-2)25(32)24(20)31)10-34-26(36)27(39)35-18-3-4-19(21(30)7-18)29(41)38-13-17(14-38)28(40)37-11-15-8-33-9-16(15)12-37/h3-7,10,15-17,33H,8-9,11-14H2,1-2H3,(H,35,39)/t15-,16+. The Morgan fingerprint density at radius 3 is 2.40 bits per heavy atom. The number of rotatable bonds is 6. The van der Waals surface area contributed by atoms with Crippen LogP contribution in [0, 0.1) is 29.4 Å². The lowest BCUT2D eigenvalue weighted by Crippen LogP contribution is -2.56. The van der Waals surface area contributed by atoms with Crippen LogP contribution in [-0.4, -0.2) is 83.5 Å². The van der Waals surface area contributed by atoms with Gasteiger partial charge in [0.15, 0.2) is 17.4 Å². The molecule has 3 aliphatic heterocycles. The molecule has 13 heteroatoms. The maximum absolute atomic E-state index is 14.6. The number of hydrogen-bond acceptors (Lipinski definition) is 6. The van der Waals surface area contributed by atoms with Gasteiger partial charge in [0.2, 0.25) is 11.7 Å². The lowest BCUT2D eigenvalue weighted by molar-refractivity contribution is -0.139. The number of anilines is 1. The van der Waals surface area contributed by atoms with Crippen molar-refractivity contribution in [3.05, 3.63) is 64.6 Å². The minimum Gasteiger partial charge on any atom is -0.494 e. The number of nitrogens with one attached hydrogen (secondary N) is 2. The molecule has 6 rings (SSSR count). The summed E-state index contributed by atoms with van der Waals surface area (Å²) in [5.74, 6) is -2.51. The number of carbonyl (C=O) groups is 3. The van der Waals surface area contributed by atoms with Gasteiger partial charge in [0, 0.05) is 57.6 Å². The fourth-order valence-electron chi connectivity index (χ4n) is 5.98. The van der Waals surface area contributed by atoms with Gasteiger partial charge in [-0.1, -0.05) is 11.6 Å². The number of likely N-dealkylation sites (tertiary alicyclic amines) is 2. The zero-order valence-corrected chi connectivity index (χ0v) is 23.8. The van der Waals surface area contributed by atoms with Crippen molar-refractivity contribution in [2.24, 2.45) is 24.8 Å². The molecule has 0 bridgehead atoms. The summed E-state index contributed by atoms with van der Waals surface area (Å²) in [5, 5.41) is 6.18. The van der Waals surface area contributed by atoms with Crippen molar-refractivity contribution >= 4 is 35.0 Å². The third-order valence-corrected chi connectivity index (χ3v) is 8.72. The number of ether oxygens (including phenoxy) is 1. The minimum atomic E-state index is -1.14. The summed E-state index contributed by atoms with van der Waals surface area (Å²) in [6.45, 7) is 4.14. The van der Waals surface area contributed by atoms with E-state index >= 15 is 0 Å². The summed E-state index contributed by atoms with van der Waals surface area (Å²) >= 11 is 6.42. The van der Waals surface area contributed by atoms with Crippen molar-refractivity contribution in [3.63, 3.8) is 0 Å². The molecule has 0 unspecified atom stereocenters. The number of benzene rings is 2. The fourth-order valence-corrected chi connectivity index (χ4v) is 6.24. The Morgan fingerprint density at radius 2 is 1.74 bits per heavy atom. The highest BCUT2D eigenvalue weighted by Gasteiger charge is 2.44. The summed E-state index contributed by atoms with van der Waals surface area (Å²) in [4.78, 5) is 46.5. The highest BCUT2D eigenvalue weighted by atomic mass is 35.5. The van der Waals surface area contributed by atoms with Crippen LogP contribution in [0.2, 0.25) is 5.02 Å². The van der Waals surface area contributed by atoms with Crippen LogP contribution in [0.15, 0.2) is 36.5 Å². The second-order valence-electron chi connectivity index (χ2n) is 10.9. The molecule has 3 aliphatic rings. The van der Waals surface area contributed by atoms with Crippen molar-refractivity contribution in [1.29, 1.82) is 0 Å². The van der Waals surface area contributed by atoms with Gasteiger partial charge in [-0.2, -0.15) is 4.39 Å². The third kappa shape index (κ3) is 4.88. The first-order valence-corrected chi connectivity index (χ1v) is 14.0. The van der Waals surface area contributed by atoms with Gasteiger partial charge in [0.25, 0.3) is 11.8 Å². The molecule has 0 radical (unpaired) electrons. The van der Waals surface area contributed by atoms with Crippen molar-refractivity contribution in [2.75, 3.05) is 51.7 Å². The summed E-state index contributed by atoms with van der Waals surface area (Å²) in [7, 11) is 2.74. The Balaban J connectivity index is 1.08. The van der Waals surface area contributed by atoms with Gasteiger partial charge in [-0.15, -0.1) is 0 Å². The molecular formula is C29H29ClF2N6O4. The average Bonchev–Trinajstić information content (AvgIpc) is 3.65. The van der Waals surface area contributed by atoms with E-state index in [-0.39, 0.29) is 51.1 Å². The Hall–Kier alpha value is -4.03. The molecule has 42 heavy (non-hydrogen) atoms. The number of halogens is 3. The maximum Gasteiger partial charge on any atom is 0.291 e. The molecule has 2 atom stereocenters. The van der Waals surface area contributed by atoms with Crippen LogP contribution in [0.5, 0.6) is 5.75 Å². The van der Waals surface area contributed by atoms with Crippen LogP contribution in [0.4, 0.5) is 14.5 Å². The number of methoxy groups -OCH3 is 1. The highest BCUT2D eigenvalue weighted by Crippen LogP contribution is 2.32. The third-order valence-electron chi connectivity index (χ3n) is 8.41. The predicted molar refractivity (Wildman–Crippen MR) is 150 cm³/mol. The molecule has 0 spiro atoms. The van der Waals surface area contributed by atoms with E-state index < -0.39 is 17.5 Å². The van der Waals surface area contributed by atoms with Gasteiger partial charge in [-0.05, 0) is 42.2 Å². The lowest BCUT2D eigenvalue weighted by atomic mass is 9.97. The van der Waals surface area contributed by atoms with E-state index in [0.29, 0.717) is 30.6 Å². The molecule has 4 heterocycles. The van der Waals surface area contributed by atoms with Crippen molar-refractivity contribution in [2.45, 2.75) is 0 Å². The first-order valence-electron chi connectivity index (χ1n) is 13.6. The molecule has 3 aromatic rings. The fraction of sp³-hybridized carbons (Fsp3) is 0.379. The van der Waals surface area contributed by atoms with E-state index in [1.807, 2.05) is 4.90 Å². The summed E-state index contributed by atoms with van der Waals surface area (Å²) in [6.07, 6.45) is 1.27. The zero-order chi connectivity index (χ0) is 29.7. The molecule has 3 amide bonds. The largest absolute Gasteiger partial charge is 0.494 e. The number of imidazole rings is 1. The number of hydrogen-bond donors (Lipinski definition) is 2. The molecule has 2 aromatic carbocycles. The predicted octanol–water partition coefficient (Wildman–Crippen LogP) is 3.03. The summed E-state index contributed by atoms with van der Waals surface area (Å²) in [6, 6.07) is 7.15. The van der Waals surface area contributed by atoms with Gasteiger partial charge in [-0.25, -0.2) is 9.37 Å². The highest BCUT2D eigenvalue weighted by molar-refractivity contribution is 6.34. The number of fused-ring (bicyclic) bond motifs is 1. The summed E-state index contributed by atoms with van der Waals surface area (Å²) < 4.78 is 35.0. The molecule has 1 aromatic heterocycles. The Bertz CT molecular complexity index is 1580. The lowest BCUT2D eigenvalue weighted by Gasteiger charge is -2.40. The molecule has 3 saturated heterocycles. The minimum absolute atomic E-state index is 0.0499. The summed E-state index contributed by atoms with van der Waals surface area (Å²) in [5.41, 5.74) is 0.690. The topological polar surface area (TPSA) is 109 Å². The van der Waals surface area contributed by atoms with E-state index in [9.17, 15) is 23.2 Å². The second-order valence-corrected chi connectivity index (χ2v) is 11.4. The molecule has 220 valence electrons. The molecule has 3 fully saturated rings. The number of nitrogens with zero attached hydrogens (tertiary/aromatic N) is 4. The van der Waals surface area contributed by atoms with Gasteiger partial charge >= 0.3 is 0 Å². The molecule has 0 aliphatic carbocycles. The molecule has 0 saturated carbocycles. The zero-order valence-electron chi connectivity index (χ0n) is 23.0. The van der Waals surface area contributed by atoms with Crippen LogP contribution in [-0.2, 0) is 11.8 Å². The van der Waals surface area contributed by atoms with Gasteiger partial charge in [-0.3, -0.25) is 14.4 Å². The average molecular weight is 599 g/mol. The van der Waals surface area contributed by atoms with E-state index in [0.717, 1.165) is 26.2 Å². The Morgan fingerprint density at radius 1 is 1.02 bits per heavy atom. The van der Waals surface area contributed by atoms with E-state index in [2.05, 4.69) is 15.6 Å². The van der Waals surface area contributed by atoms with Crippen LogP contribution in [0.25, 0.3) is 11.3 Å². The quantitative estimate of drug-likeness (QED) is 0.452. The molecule has 2 N–H and O–H groups in total. The van der Waals surface area contributed by atoms with Gasteiger partial charge in [0.1, 0.15) is 0 Å². The Labute approximate surface area is 245 Å². The van der Waals surface area contributed by atoms with E-state index in [4.69, 9.17) is 16.3 Å². The van der Waals surface area contributed by atoms with Crippen LogP contribution < -0.4 is 15.4 Å². The monoisotopic (exact) mass is 598 g/mol. The van der Waals surface area contributed by atoms with Crippen molar-refractivity contribution in [1.82, 2.24) is 24.7 Å². The van der Waals surface area contributed by atoms with Crippen LogP contribution >= 0.6 is 11.6 Å². The van der Waals surface area contributed by atoms with Crippen LogP contribution in [0.3, 0.4) is 0 Å². The van der Waals surface area contributed by atoms with E-state index in [1.54, 1.807) is 11.0 Å². The molecular weight excluding hydrogens is 570 g/mol. The first kappa shape index (κ1) is 28.1. The molecule has 10 nitrogen and oxygen atoms in total. The normalized spacial score (nSPS) is 19.9. The second kappa shape index (κ2) is 11.0. The van der Waals surface area contributed by atoms with Gasteiger partial charge in [0.05, 0.1) is 35.5 Å². The number of carbonyl (C=O) groups excluding carboxylic acids is 3. The van der Waals surface area contributed by atoms with Crippen LogP contribution in [0.1, 0.15) is 21.0 Å². The Kier molecular flexibility index (Phi) is 7.36. The maximum atomic E-state index is 14.6. The number of amides is 3. The van der Waals surface area contributed by atoms with Crippen molar-refractivity contribution in [3.8, 4) is 17.0 Å². The SMILES string of the molecule is COc1ccc(-c2cnc(C(=O)Nc3ccc(C(=O)N4CC(C(=O)N5C[C@H]6CNC[C@H]6C5)C4)c(Cl)c3)n2C)c(F)c1F.